The van der Waals surface area contributed by atoms with Crippen molar-refractivity contribution in [2.24, 2.45) is 0 Å². The number of amides is 1. The Morgan fingerprint density at radius 3 is 2.55 bits per heavy atom. The van der Waals surface area contributed by atoms with Gasteiger partial charge in [0.1, 0.15) is 5.82 Å². The SMILES string of the molecule is CC1CN(C)CCN1S(=O)(=O)c1ccc(-c2cnc(N)c(C(=O)Nc3cccnc3)c2)cc1. The van der Waals surface area contributed by atoms with E-state index in [-0.39, 0.29) is 22.3 Å². The van der Waals surface area contributed by atoms with Crippen LogP contribution in [-0.4, -0.2) is 66.2 Å². The molecule has 9 nitrogen and oxygen atoms in total. The van der Waals surface area contributed by atoms with Crippen LogP contribution in [0.1, 0.15) is 17.3 Å². The van der Waals surface area contributed by atoms with Crippen LogP contribution in [-0.2, 0) is 10.0 Å². The van der Waals surface area contributed by atoms with Crippen molar-refractivity contribution >= 4 is 27.4 Å². The second-order valence-electron chi connectivity index (χ2n) is 8.10. The van der Waals surface area contributed by atoms with Gasteiger partial charge in [-0.1, -0.05) is 12.1 Å². The molecule has 0 radical (unpaired) electrons. The summed E-state index contributed by atoms with van der Waals surface area (Å²) >= 11 is 0. The third kappa shape index (κ3) is 4.87. The van der Waals surface area contributed by atoms with Crippen LogP contribution in [0.4, 0.5) is 11.5 Å². The van der Waals surface area contributed by atoms with Crippen molar-refractivity contribution in [2.45, 2.75) is 17.9 Å². The van der Waals surface area contributed by atoms with E-state index in [0.29, 0.717) is 30.9 Å². The molecule has 0 saturated carbocycles. The molecule has 0 spiro atoms. The fourth-order valence-corrected chi connectivity index (χ4v) is 5.50. The summed E-state index contributed by atoms with van der Waals surface area (Å²) in [5, 5.41) is 2.74. The van der Waals surface area contributed by atoms with Gasteiger partial charge >= 0.3 is 0 Å². The first-order valence-electron chi connectivity index (χ1n) is 10.5. The number of hydrogen-bond acceptors (Lipinski definition) is 7. The summed E-state index contributed by atoms with van der Waals surface area (Å²) in [6.07, 6.45) is 4.70. The van der Waals surface area contributed by atoms with Gasteiger partial charge in [0.2, 0.25) is 10.0 Å². The smallest absolute Gasteiger partial charge is 0.259 e. The number of likely N-dealkylation sites (N-methyl/N-ethyl adjacent to an activating group) is 1. The van der Waals surface area contributed by atoms with Crippen LogP contribution in [0, 0.1) is 0 Å². The molecule has 1 atom stereocenters. The quantitative estimate of drug-likeness (QED) is 0.592. The van der Waals surface area contributed by atoms with Crippen molar-refractivity contribution in [2.75, 3.05) is 37.7 Å². The molecule has 2 aromatic heterocycles. The molecule has 0 bridgehead atoms. The van der Waals surface area contributed by atoms with E-state index < -0.39 is 15.9 Å². The normalized spacial score (nSPS) is 17.6. The standard InChI is InChI=1S/C23H26N6O3S/c1-16-15-28(2)10-11-29(16)33(31,32)20-7-5-17(6-8-20)18-12-21(22(24)26-13-18)23(30)27-19-4-3-9-25-14-19/h3-9,12-14,16H,10-11,15H2,1-2H3,(H2,24,26)(H,27,30). The van der Waals surface area contributed by atoms with Crippen molar-refractivity contribution in [1.82, 2.24) is 19.2 Å². The summed E-state index contributed by atoms with van der Waals surface area (Å²) in [6, 6.07) is 11.6. The van der Waals surface area contributed by atoms with E-state index in [9.17, 15) is 13.2 Å². The van der Waals surface area contributed by atoms with Crippen molar-refractivity contribution < 1.29 is 13.2 Å². The molecule has 1 fully saturated rings. The number of carbonyl (C=O) groups excluding carboxylic acids is 1. The molecule has 33 heavy (non-hydrogen) atoms. The van der Waals surface area contributed by atoms with Crippen LogP contribution in [0.25, 0.3) is 11.1 Å². The lowest BCUT2D eigenvalue weighted by Gasteiger charge is -2.37. The van der Waals surface area contributed by atoms with Gasteiger partial charge in [0.05, 0.1) is 22.3 Å². The topological polar surface area (TPSA) is 122 Å². The Hall–Kier alpha value is -3.34. The van der Waals surface area contributed by atoms with Gasteiger partial charge < -0.3 is 16.0 Å². The van der Waals surface area contributed by atoms with Gasteiger partial charge in [-0.2, -0.15) is 4.31 Å². The molecule has 3 heterocycles. The Morgan fingerprint density at radius 2 is 1.88 bits per heavy atom. The molecule has 3 N–H and O–H groups in total. The van der Waals surface area contributed by atoms with E-state index in [1.54, 1.807) is 59.2 Å². The third-order valence-electron chi connectivity index (χ3n) is 5.65. The number of anilines is 2. The van der Waals surface area contributed by atoms with Crippen LogP contribution < -0.4 is 11.1 Å². The van der Waals surface area contributed by atoms with E-state index in [2.05, 4.69) is 20.2 Å². The van der Waals surface area contributed by atoms with Crippen LogP contribution in [0.5, 0.6) is 0 Å². The predicted molar refractivity (Wildman–Crippen MR) is 127 cm³/mol. The van der Waals surface area contributed by atoms with Gasteiger partial charge in [-0.25, -0.2) is 13.4 Å². The number of benzene rings is 1. The molecule has 10 heteroatoms. The fourth-order valence-electron chi connectivity index (χ4n) is 3.89. The Kier molecular flexibility index (Phi) is 6.41. The number of nitrogens with one attached hydrogen (secondary N) is 1. The molecule has 1 aromatic carbocycles. The molecule has 172 valence electrons. The number of piperazine rings is 1. The van der Waals surface area contributed by atoms with Crippen molar-refractivity contribution in [3.63, 3.8) is 0 Å². The number of nitrogens with zero attached hydrogens (tertiary/aromatic N) is 4. The number of rotatable bonds is 5. The third-order valence-corrected chi connectivity index (χ3v) is 7.67. The van der Waals surface area contributed by atoms with E-state index in [0.717, 1.165) is 5.56 Å². The van der Waals surface area contributed by atoms with Gasteiger partial charge in [-0.05, 0) is 49.9 Å². The van der Waals surface area contributed by atoms with Crippen molar-refractivity contribution in [1.29, 1.82) is 0 Å². The molecule has 1 aliphatic rings. The van der Waals surface area contributed by atoms with E-state index in [4.69, 9.17) is 5.73 Å². The summed E-state index contributed by atoms with van der Waals surface area (Å²) < 4.78 is 27.8. The zero-order chi connectivity index (χ0) is 23.6. The average molecular weight is 467 g/mol. The van der Waals surface area contributed by atoms with Gasteiger partial charge in [0.15, 0.2) is 0 Å². The number of hydrogen-bond donors (Lipinski definition) is 2. The highest BCUT2D eigenvalue weighted by Crippen LogP contribution is 2.26. The maximum Gasteiger partial charge on any atom is 0.259 e. The Morgan fingerprint density at radius 1 is 1.12 bits per heavy atom. The maximum atomic E-state index is 13.1. The zero-order valence-electron chi connectivity index (χ0n) is 18.5. The van der Waals surface area contributed by atoms with Crippen LogP contribution in [0.3, 0.4) is 0 Å². The number of nitrogen functional groups attached to an aromatic ring is 1. The molecule has 0 aliphatic carbocycles. The zero-order valence-corrected chi connectivity index (χ0v) is 19.3. The Bertz CT molecular complexity index is 1250. The molecular weight excluding hydrogens is 440 g/mol. The molecule has 1 saturated heterocycles. The molecule has 1 unspecified atom stereocenters. The molecule has 3 aromatic rings. The first kappa shape index (κ1) is 22.8. The minimum atomic E-state index is -3.60. The second kappa shape index (κ2) is 9.26. The van der Waals surface area contributed by atoms with Gasteiger partial charge in [-0.15, -0.1) is 0 Å². The predicted octanol–water partition coefficient (Wildman–Crippen LogP) is 2.30. The lowest BCUT2D eigenvalue weighted by atomic mass is 10.1. The molecule has 1 aliphatic heterocycles. The van der Waals surface area contributed by atoms with Crippen molar-refractivity contribution in [3.05, 3.63) is 66.6 Å². The number of sulfonamides is 1. The number of carbonyl (C=O) groups is 1. The molecule has 1 amide bonds. The highest BCUT2D eigenvalue weighted by Gasteiger charge is 2.32. The van der Waals surface area contributed by atoms with Gasteiger partial charge in [0.25, 0.3) is 5.91 Å². The van der Waals surface area contributed by atoms with Gasteiger partial charge in [-0.3, -0.25) is 9.78 Å². The lowest BCUT2D eigenvalue weighted by Crippen LogP contribution is -2.52. The average Bonchev–Trinajstić information content (AvgIpc) is 2.80. The molecule has 4 rings (SSSR count). The summed E-state index contributed by atoms with van der Waals surface area (Å²) in [7, 11) is -1.61. The number of aromatic nitrogens is 2. The van der Waals surface area contributed by atoms with Crippen LogP contribution >= 0.6 is 0 Å². The van der Waals surface area contributed by atoms with E-state index >= 15 is 0 Å². The number of pyridine rings is 2. The van der Waals surface area contributed by atoms with Crippen LogP contribution in [0.2, 0.25) is 0 Å². The van der Waals surface area contributed by atoms with Crippen molar-refractivity contribution in [3.8, 4) is 11.1 Å². The summed E-state index contributed by atoms with van der Waals surface area (Å²) in [4.78, 5) is 23.2. The van der Waals surface area contributed by atoms with Crippen LogP contribution in [0.15, 0.2) is 66.0 Å². The first-order valence-corrected chi connectivity index (χ1v) is 12.0. The second-order valence-corrected chi connectivity index (χ2v) is 9.99. The summed E-state index contributed by atoms with van der Waals surface area (Å²) in [5.74, 6) is -0.304. The van der Waals surface area contributed by atoms with Gasteiger partial charge in [0, 0.05) is 43.6 Å². The maximum absolute atomic E-state index is 13.1. The van der Waals surface area contributed by atoms with E-state index in [1.807, 2.05) is 14.0 Å². The Labute approximate surface area is 193 Å². The first-order chi connectivity index (χ1) is 15.8. The monoisotopic (exact) mass is 466 g/mol. The highest BCUT2D eigenvalue weighted by atomic mass is 32.2. The minimum absolute atomic E-state index is 0.100. The number of nitrogens with two attached hydrogens (primary N) is 1. The minimum Gasteiger partial charge on any atom is -0.383 e. The lowest BCUT2D eigenvalue weighted by molar-refractivity contribution is 0.102. The largest absolute Gasteiger partial charge is 0.383 e. The fraction of sp³-hybridized carbons (Fsp3) is 0.261. The Balaban J connectivity index is 1.57. The summed E-state index contributed by atoms with van der Waals surface area (Å²) in [5.41, 5.74) is 8.07. The highest BCUT2D eigenvalue weighted by molar-refractivity contribution is 7.89. The summed E-state index contributed by atoms with van der Waals surface area (Å²) in [6.45, 7) is 3.76. The van der Waals surface area contributed by atoms with E-state index in [1.165, 1.54) is 6.20 Å². The molecular formula is C23H26N6O3S.